The second kappa shape index (κ2) is 8.19. The largest absolute Gasteiger partial charge is 0.461 e. The molecule has 2 N–H and O–H groups in total. The normalized spacial score (nSPS) is 12.3. The van der Waals surface area contributed by atoms with E-state index in [1.165, 1.54) is 23.7 Å². The van der Waals surface area contributed by atoms with Gasteiger partial charge in [-0.25, -0.2) is 9.18 Å². The number of carbonyl (C=O) groups is 1. The highest BCUT2D eigenvalue weighted by atomic mass is 32.1. The van der Waals surface area contributed by atoms with Crippen molar-refractivity contribution in [2.45, 2.75) is 13.5 Å². The number of carbonyl (C=O) groups excluding carboxylic acids is 1. The van der Waals surface area contributed by atoms with Crippen LogP contribution in [0.15, 0.2) is 52.5 Å². The number of ether oxygens (including phenoxy) is 1. The van der Waals surface area contributed by atoms with E-state index in [1.54, 1.807) is 36.6 Å². The van der Waals surface area contributed by atoms with E-state index in [1.807, 2.05) is 0 Å². The van der Waals surface area contributed by atoms with Crippen LogP contribution >= 0.6 is 11.5 Å². The van der Waals surface area contributed by atoms with E-state index in [9.17, 15) is 9.18 Å². The molecule has 2 aromatic rings. The minimum Gasteiger partial charge on any atom is -0.461 e. The second-order valence-electron chi connectivity index (χ2n) is 4.50. The van der Waals surface area contributed by atoms with E-state index in [0.717, 1.165) is 0 Å². The summed E-state index contributed by atoms with van der Waals surface area (Å²) in [5.41, 5.74) is 7.06. The van der Waals surface area contributed by atoms with Crippen LogP contribution in [0.1, 0.15) is 18.2 Å². The molecule has 0 bridgehead atoms. The Labute approximate surface area is 137 Å². The third kappa shape index (κ3) is 4.72. The lowest BCUT2D eigenvalue weighted by molar-refractivity contribution is -0.138. The third-order valence-electron chi connectivity index (χ3n) is 2.88. The Morgan fingerprint density at radius 2 is 2.22 bits per heavy atom. The minimum atomic E-state index is -0.624. The lowest BCUT2D eigenvalue weighted by Crippen LogP contribution is -2.16. The predicted octanol–water partition coefficient (Wildman–Crippen LogP) is 2.68. The maximum absolute atomic E-state index is 13.7. The molecule has 0 unspecified atom stereocenters. The number of aliphatic imine (C=N–C) groups is 1. The van der Waals surface area contributed by atoms with Gasteiger partial charge in [-0.15, -0.1) is 0 Å². The smallest absolute Gasteiger partial charge is 0.354 e. The summed E-state index contributed by atoms with van der Waals surface area (Å²) < 4.78 is 22.7. The van der Waals surface area contributed by atoms with Crippen LogP contribution in [-0.2, 0) is 16.1 Å². The molecule has 0 aliphatic heterocycles. The fourth-order valence-electron chi connectivity index (χ4n) is 1.76. The molecule has 5 nitrogen and oxygen atoms in total. The summed E-state index contributed by atoms with van der Waals surface area (Å²) >= 11 is 1.25. The highest BCUT2D eigenvalue weighted by Crippen LogP contribution is 2.11. The molecule has 23 heavy (non-hydrogen) atoms. The van der Waals surface area contributed by atoms with Crippen LogP contribution in [0.4, 0.5) is 4.39 Å². The van der Waals surface area contributed by atoms with Gasteiger partial charge >= 0.3 is 5.97 Å². The molecule has 0 fully saturated rings. The van der Waals surface area contributed by atoms with Gasteiger partial charge in [-0.2, -0.15) is 4.37 Å². The van der Waals surface area contributed by atoms with Gasteiger partial charge in [0.2, 0.25) is 0 Å². The first kappa shape index (κ1) is 16.8. The number of rotatable bonds is 6. The highest BCUT2D eigenvalue weighted by molar-refractivity contribution is 7.03. The average Bonchev–Trinajstić information content (AvgIpc) is 3.07. The van der Waals surface area contributed by atoms with Gasteiger partial charge < -0.3 is 10.5 Å². The van der Waals surface area contributed by atoms with Crippen LogP contribution in [0.2, 0.25) is 0 Å². The van der Waals surface area contributed by atoms with E-state index in [0.29, 0.717) is 17.0 Å². The Bertz CT molecular complexity index is 727. The van der Waals surface area contributed by atoms with Crippen molar-refractivity contribution in [1.29, 1.82) is 0 Å². The molecule has 0 radical (unpaired) electrons. The number of nitrogens with zero attached hydrogens (tertiary/aromatic N) is 2. The lowest BCUT2D eigenvalue weighted by atomic mass is 10.2. The first-order valence-corrected chi connectivity index (χ1v) is 7.78. The van der Waals surface area contributed by atoms with E-state index in [-0.39, 0.29) is 24.7 Å². The molecule has 7 heteroatoms. The summed E-state index contributed by atoms with van der Waals surface area (Å²) in [6.45, 7) is 2.04. The van der Waals surface area contributed by atoms with E-state index in [2.05, 4.69) is 9.37 Å². The molecule has 0 saturated heterocycles. The molecular weight excluding hydrogens is 317 g/mol. The highest BCUT2D eigenvalue weighted by Gasteiger charge is 2.10. The molecule has 0 aliphatic carbocycles. The van der Waals surface area contributed by atoms with Gasteiger partial charge in [0, 0.05) is 10.9 Å². The van der Waals surface area contributed by atoms with Crippen LogP contribution in [0.5, 0.6) is 0 Å². The first-order valence-electron chi connectivity index (χ1n) is 6.94. The first-order chi connectivity index (χ1) is 11.1. The summed E-state index contributed by atoms with van der Waals surface area (Å²) in [5.74, 6) is -0.961. The SMILES string of the molecule is CCOC(=O)C(N)=CC(=NCc1ccccc1F)c1ccsn1. The zero-order valence-corrected chi connectivity index (χ0v) is 13.3. The van der Waals surface area contributed by atoms with Gasteiger partial charge in [-0.05, 0) is 36.7 Å². The van der Waals surface area contributed by atoms with Gasteiger partial charge in [-0.3, -0.25) is 4.99 Å². The summed E-state index contributed by atoms with van der Waals surface area (Å²) in [7, 11) is 0. The van der Waals surface area contributed by atoms with Gasteiger partial charge in [0.25, 0.3) is 0 Å². The fourth-order valence-corrected chi connectivity index (χ4v) is 2.28. The quantitative estimate of drug-likeness (QED) is 0.501. The summed E-state index contributed by atoms with van der Waals surface area (Å²) in [5, 5.41) is 1.78. The molecule has 120 valence electrons. The van der Waals surface area contributed by atoms with Crippen LogP contribution in [0.25, 0.3) is 0 Å². The summed E-state index contributed by atoms with van der Waals surface area (Å²) in [6, 6.07) is 8.12. The number of esters is 1. The number of halogens is 1. The number of hydrogen-bond acceptors (Lipinski definition) is 6. The number of aromatic nitrogens is 1. The number of nitrogens with two attached hydrogens (primary N) is 1. The number of benzene rings is 1. The molecule has 1 aromatic heterocycles. The van der Waals surface area contributed by atoms with Gasteiger partial charge in [0.05, 0.1) is 18.9 Å². The van der Waals surface area contributed by atoms with Crippen molar-refractivity contribution in [3.05, 3.63) is 64.6 Å². The Morgan fingerprint density at radius 3 is 2.87 bits per heavy atom. The monoisotopic (exact) mass is 333 g/mol. The number of hydrogen-bond donors (Lipinski definition) is 1. The van der Waals surface area contributed by atoms with Crippen molar-refractivity contribution in [1.82, 2.24) is 4.37 Å². The van der Waals surface area contributed by atoms with Gasteiger partial charge in [-0.1, -0.05) is 18.2 Å². The zero-order chi connectivity index (χ0) is 16.7. The lowest BCUT2D eigenvalue weighted by Gasteiger charge is -2.04. The van der Waals surface area contributed by atoms with Crippen molar-refractivity contribution in [2.75, 3.05) is 6.61 Å². The molecule has 1 heterocycles. The molecular formula is C16H16FN3O2S. The molecule has 1 aromatic carbocycles. The van der Waals surface area contributed by atoms with Crippen molar-refractivity contribution < 1.29 is 13.9 Å². The van der Waals surface area contributed by atoms with Crippen molar-refractivity contribution in [2.24, 2.45) is 10.7 Å². The van der Waals surface area contributed by atoms with E-state index < -0.39 is 5.97 Å². The Morgan fingerprint density at radius 1 is 1.43 bits per heavy atom. The maximum atomic E-state index is 13.7. The molecule has 0 saturated carbocycles. The molecule has 0 amide bonds. The van der Waals surface area contributed by atoms with Crippen molar-refractivity contribution in [3.8, 4) is 0 Å². The topological polar surface area (TPSA) is 77.6 Å². The second-order valence-corrected chi connectivity index (χ2v) is 5.16. The standard InChI is InChI=1S/C16H16FN3O2S/c1-2-22-16(21)13(18)9-15(14-7-8-23-20-14)19-10-11-5-3-4-6-12(11)17/h3-9H,2,10,18H2,1H3. The average molecular weight is 333 g/mol. The maximum Gasteiger partial charge on any atom is 0.354 e. The number of allylic oxidation sites excluding steroid dienone is 1. The minimum absolute atomic E-state index is 0.0767. The zero-order valence-electron chi connectivity index (χ0n) is 12.5. The van der Waals surface area contributed by atoms with Crippen molar-refractivity contribution >= 4 is 23.2 Å². The van der Waals surface area contributed by atoms with Crippen LogP contribution < -0.4 is 5.73 Å². The van der Waals surface area contributed by atoms with Gasteiger partial charge in [0.1, 0.15) is 17.2 Å². The Balaban J connectivity index is 2.28. The Hall–Kier alpha value is -2.54. The van der Waals surface area contributed by atoms with Crippen LogP contribution in [0, 0.1) is 5.82 Å². The predicted molar refractivity (Wildman–Crippen MR) is 87.7 cm³/mol. The fraction of sp³-hybridized carbons (Fsp3) is 0.188. The summed E-state index contributed by atoms with van der Waals surface area (Å²) in [4.78, 5) is 16.0. The third-order valence-corrected chi connectivity index (χ3v) is 3.44. The van der Waals surface area contributed by atoms with Crippen LogP contribution in [0.3, 0.4) is 0 Å². The van der Waals surface area contributed by atoms with Gasteiger partial charge in [0.15, 0.2) is 0 Å². The van der Waals surface area contributed by atoms with Crippen LogP contribution in [-0.4, -0.2) is 22.7 Å². The van der Waals surface area contributed by atoms with E-state index >= 15 is 0 Å². The molecule has 0 atom stereocenters. The summed E-state index contributed by atoms with van der Waals surface area (Å²) in [6.07, 6.45) is 1.40. The van der Waals surface area contributed by atoms with Crippen molar-refractivity contribution in [3.63, 3.8) is 0 Å². The molecule has 2 rings (SSSR count). The molecule has 0 spiro atoms. The van der Waals surface area contributed by atoms with E-state index in [4.69, 9.17) is 10.5 Å². The Kier molecular flexibility index (Phi) is 5.99. The molecule has 0 aliphatic rings.